The van der Waals surface area contributed by atoms with Crippen LogP contribution in [0.4, 0.5) is 0 Å². The van der Waals surface area contributed by atoms with Crippen molar-refractivity contribution in [3.8, 4) is 5.75 Å². The average molecular weight is 519 g/mol. The molecule has 0 saturated heterocycles. The van der Waals surface area contributed by atoms with Crippen LogP contribution in [-0.4, -0.2) is 33.4 Å². The molecule has 7 nitrogen and oxygen atoms in total. The van der Waals surface area contributed by atoms with E-state index >= 15 is 0 Å². The summed E-state index contributed by atoms with van der Waals surface area (Å²) in [5.41, 5.74) is 1.71. The summed E-state index contributed by atoms with van der Waals surface area (Å²) in [6, 6.07) is 3.37. The van der Waals surface area contributed by atoms with Gasteiger partial charge in [-0.05, 0) is 37.0 Å². The molecule has 0 aliphatic carbocycles. The topological polar surface area (TPSA) is 113 Å². The van der Waals surface area contributed by atoms with E-state index in [9.17, 15) is 21.9 Å². The van der Waals surface area contributed by atoms with E-state index in [0.29, 0.717) is 29.5 Å². The van der Waals surface area contributed by atoms with Gasteiger partial charge in [0.2, 0.25) is 20.0 Å². The maximum Gasteiger partial charge on any atom is 0.211 e. The lowest BCUT2D eigenvalue weighted by Gasteiger charge is -2.13. The first-order valence-corrected chi connectivity index (χ1v) is 16.2. The number of hydrogen-bond acceptors (Lipinski definition) is 5. The van der Waals surface area contributed by atoms with Gasteiger partial charge in [0.1, 0.15) is 5.75 Å². The fraction of sp³-hybridized carbons (Fsp3) is 0.760. The Bertz CT molecular complexity index is 915. The van der Waals surface area contributed by atoms with E-state index < -0.39 is 20.0 Å². The van der Waals surface area contributed by atoms with Crippen molar-refractivity contribution >= 4 is 20.0 Å². The summed E-state index contributed by atoms with van der Waals surface area (Å²) in [7, 11) is -6.83. The number of unbranched alkanes of at least 4 members (excludes halogenated alkanes) is 10. The van der Waals surface area contributed by atoms with Gasteiger partial charge in [-0.1, -0.05) is 84.1 Å². The molecule has 9 heteroatoms. The number of nitrogens with one attached hydrogen (secondary N) is 2. The highest BCUT2D eigenvalue weighted by atomic mass is 32.2. The molecule has 0 atom stereocenters. The van der Waals surface area contributed by atoms with Crippen molar-refractivity contribution in [2.45, 2.75) is 111 Å². The van der Waals surface area contributed by atoms with Crippen LogP contribution in [0.5, 0.6) is 5.75 Å². The second-order valence-electron chi connectivity index (χ2n) is 9.24. The van der Waals surface area contributed by atoms with Gasteiger partial charge in [0.05, 0.1) is 11.5 Å². The zero-order valence-corrected chi connectivity index (χ0v) is 23.0. The van der Waals surface area contributed by atoms with Crippen molar-refractivity contribution in [2.24, 2.45) is 0 Å². The maximum absolute atomic E-state index is 12.3. The summed E-state index contributed by atoms with van der Waals surface area (Å²) in [4.78, 5) is 0. The number of hydrogen-bond donors (Lipinski definition) is 3. The van der Waals surface area contributed by atoms with Crippen LogP contribution < -0.4 is 9.44 Å². The minimum Gasteiger partial charge on any atom is -0.507 e. The van der Waals surface area contributed by atoms with Crippen molar-refractivity contribution in [1.29, 1.82) is 0 Å². The molecule has 0 aromatic heterocycles. The van der Waals surface area contributed by atoms with Crippen LogP contribution in [0.25, 0.3) is 0 Å². The Morgan fingerprint density at radius 3 is 1.62 bits per heavy atom. The van der Waals surface area contributed by atoms with E-state index in [1.54, 1.807) is 19.1 Å². The lowest BCUT2D eigenvalue weighted by molar-refractivity contribution is 0.462. The first kappa shape index (κ1) is 30.9. The fourth-order valence-corrected chi connectivity index (χ4v) is 6.06. The first-order valence-electron chi connectivity index (χ1n) is 12.9. The van der Waals surface area contributed by atoms with Gasteiger partial charge in [-0.25, -0.2) is 26.3 Å². The summed E-state index contributed by atoms with van der Waals surface area (Å²) in [5, 5.41) is 10.4. The Labute approximate surface area is 208 Å². The normalized spacial score (nSPS) is 12.3. The number of phenols is 1. The highest BCUT2D eigenvalue weighted by Crippen LogP contribution is 2.24. The van der Waals surface area contributed by atoms with Crippen LogP contribution in [0.2, 0.25) is 0 Å². The zero-order chi connectivity index (χ0) is 25.5. The van der Waals surface area contributed by atoms with Crippen LogP contribution >= 0.6 is 0 Å². The van der Waals surface area contributed by atoms with E-state index in [1.807, 2.05) is 0 Å². The molecule has 3 N–H and O–H groups in total. The molecule has 0 heterocycles. The molecule has 0 aliphatic rings. The van der Waals surface area contributed by atoms with Gasteiger partial charge in [0.15, 0.2) is 0 Å². The van der Waals surface area contributed by atoms with Gasteiger partial charge < -0.3 is 5.11 Å². The Kier molecular flexibility index (Phi) is 15.0. The Balaban J connectivity index is 2.56. The summed E-state index contributed by atoms with van der Waals surface area (Å²) in [6.45, 7) is 6.10. The van der Waals surface area contributed by atoms with Gasteiger partial charge in [0, 0.05) is 18.7 Å². The summed E-state index contributed by atoms with van der Waals surface area (Å²) in [6.07, 6.45) is 12.1. The third kappa shape index (κ3) is 13.7. The van der Waals surface area contributed by atoms with E-state index in [-0.39, 0.29) is 30.3 Å². The van der Waals surface area contributed by atoms with Gasteiger partial charge in [-0.15, -0.1) is 0 Å². The minimum absolute atomic E-state index is 0.0246. The van der Waals surface area contributed by atoms with Gasteiger partial charge in [-0.3, -0.25) is 0 Å². The molecule has 0 aliphatic heterocycles. The number of aromatic hydroxyl groups is 1. The molecule has 0 bridgehead atoms. The number of phenolic OH excluding ortho intramolecular Hbond substituents is 1. The molecule has 34 heavy (non-hydrogen) atoms. The van der Waals surface area contributed by atoms with Gasteiger partial charge in [0.25, 0.3) is 0 Å². The Morgan fingerprint density at radius 2 is 1.12 bits per heavy atom. The molecule has 0 fully saturated rings. The molecule has 0 amide bonds. The second kappa shape index (κ2) is 16.5. The van der Waals surface area contributed by atoms with Crippen molar-refractivity contribution in [3.63, 3.8) is 0 Å². The number of aryl methyl sites for hydroxylation is 1. The van der Waals surface area contributed by atoms with E-state index in [0.717, 1.165) is 51.4 Å². The lowest BCUT2D eigenvalue weighted by atomic mass is 10.0. The first-order chi connectivity index (χ1) is 16.1. The van der Waals surface area contributed by atoms with Crippen LogP contribution in [0.15, 0.2) is 12.1 Å². The van der Waals surface area contributed by atoms with Crippen LogP contribution in [0.3, 0.4) is 0 Å². The maximum atomic E-state index is 12.3. The quantitative estimate of drug-likeness (QED) is 0.204. The van der Waals surface area contributed by atoms with Crippen molar-refractivity contribution in [3.05, 3.63) is 28.8 Å². The fourth-order valence-electron chi connectivity index (χ4n) is 3.84. The van der Waals surface area contributed by atoms with Crippen LogP contribution in [0, 0.1) is 6.92 Å². The van der Waals surface area contributed by atoms with Crippen molar-refractivity contribution in [2.75, 3.05) is 11.5 Å². The van der Waals surface area contributed by atoms with Crippen LogP contribution in [-0.2, 0) is 33.1 Å². The Hall–Kier alpha value is -1.16. The third-order valence-corrected chi connectivity index (χ3v) is 8.77. The molecule has 0 saturated carbocycles. The smallest absolute Gasteiger partial charge is 0.211 e. The average Bonchev–Trinajstić information content (AvgIpc) is 2.78. The summed E-state index contributed by atoms with van der Waals surface area (Å²) < 4.78 is 54.5. The van der Waals surface area contributed by atoms with Gasteiger partial charge >= 0.3 is 0 Å². The molecular weight excluding hydrogens is 472 g/mol. The number of benzene rings is 1. The SMILES string of the molecule is CCCCCCCCS(=O)(=O)NCc1cc(C)c(O)c(CNS(=O)(=O)CCCCCCCC)c1. The van der Waals surface area contributed by atoms with E-state index in [2.05, 4.69) is 23.3 Å². The van der Waals surface area contributed by atoms with E-state index in [1.165, 1.54) is 12.8 Å². The van der Waals surface area contributed by atoms with Crippen molar-refractivity contribution in [1.82, 2.24) is 9.44 Å². The van der Waals surface area contributed by atoms with Gasteiger partial charge in [-0.2, -0.15) is 0 Å². The zero-order valence-electron chi connectivity index (χ0n) is 21.4. The predicted octanol–water partition coefficient (Wildman–Crippen LogP) is 5.26. The lowest BCUT2D eigenvalue weighted by Crippen LogP contribution is -2.27. The predicted molar refractivity (Wildman–Crippen MR) is 141 cm³/mol. The highest BCUT2D eigenvalue weighted by molar-refractivity contribution is 7.89. The molecular formula is C25H46N2O5S2. The summed E-state index contributed by atoms with van der Waals surface area (Å²) in [5.74, 6) is 0.193. The minimum atomic E-state index is -3.44. The highest BCUT2D eigenvalue weighted by Gasteiger charge is 2.15. The number of rotatable bonds is 20. The molecule has 0 radical (unpaired) electrons. The summed E-state index contributed by atoms with van der Waals surface area (Å²) >= 11 is 0. The molecule has 1 aromatic carbocycles. The molecule has 0 unspecified atom stereocenters. The monoisotopic (exact) mass is 518 g/mol. The molecule has 0 spiro atoms. The second-order valence-corrected chi connectivity index (χ2v) is 13.1. The molecule has 198 valence electrons. The third-order valence-electron chi connectivity index (χ3n) is 5.95. The standard InChI is InChI=1S/C25H46N2O5S2/c1-4-6-8-10-12-14-16-33(29,30)26-20-23-18-22(3)25(28)24(19-23)21-27-34(31,32)17-15-13-11-9-7-5-2/h18-19,26-28H,4-17,20-21H2,1-3H3. The van der Waals surface area contributed by atoms with E-state index in [4.69, 9.17) is 0 Å². The number of sulfonamides is 2. The van der Waals surface area contributed by atoms with Crippen LogP contribution in [0.1, 0.15) is 108 Å². The molecule has 1 aromatic rings. The van der Waals surface area contributed by atoms with Crippen molar-refractivity contribution < 1.29 is 21.9 Å². The largest absolute Gasteiger partial charge is 0.507 e. The molecule has 1 rings (SSSR count). The Morgan fingerprint density at radius 1 is 0.676 bits per heavy atom.